The van der Waals surface area contributed by atoms with Crippen molar-refractivity contribution in [1.29, 1.82) is 0 Å². The number of nitrogens with one attached hydrogen (secondary N) is 1. The van der Waals surface area contributed by atoms with Gasteiger partial charge in [-0.25, -0.2) is 0 Å². The first kappa shape index (κ1) is 43.9. The van der Waals surface area contributed by atoms with E-state index >= 15 is 0 Å². The number of cyclic esters (lactones) is 1. The second kappa shape index (κ2) is 17.8. The lowest BCUT2D eigenvalue weighted by Crippen LogP contribution is -2.60. The van der Waals surface area contributed by atoms with Crippen molar-refractivity contribution in [3.8, 4) is 0 Å². The summed E-state index contributed by atoms with van der Waals surface area (Å²) in [7, 11) is 5.23. The van der Waals surface area contributed by atoms with Crippen molar-refractivity contribution in [3.05, 3.63) is 0 Å². The summed E-state index contributed by atoms with van der Waals surface area (Å²) in [5, 5.41) is 48.9. The quantitative estimate of drug-likeness (QED) is 0.240. The van der Waals surface area contributed by atoms with Crippen molar-refractivity contribution in [1.82, 2.24) is 10.2 Å². The molecule has 51 heavy (non-hydrogen) atoms. The molecule has 0 radical (unpaired) electrons. The third-order valence-electron chi connectivity index (χ3n) is 11.7. The summed E-state index contributed by atoms with van der Waals surface area (Å²) in [6.07, 6.45) is -7.96. The minimum Gasteiger partial charge on any atom is -0.462 e. The Hall–Kier alpha value is -1.46. The minimum atomic E-state index is -1.74. The Morgan fingerprint density at radius 3 is 2.12 bits per heavy atom. The molecule has 0 aliphatic carbocycles. The molecule has 3 aliphatic rings. The molecule has 5 N–H and O–H groups in total. The van der Waals surface area contributed by atoms with Gasteiger partial charge >= 0.3 is 5.97 Å². The predicted molar refractivity (Wildman–Crippen MR) is 188 cm³/mol. The van der Waals surface area contributed by atoms with Crippen molar-refractivity contribution < 1.29 is 58.4 Å². The number of ether oxygens (including phenoxy) is 6. The summed E-state index contributed by atoms with van der Waals surface area (Å²) in [6, 6.07) is -0.980. The van der Waals surface area contributed by atoms with Crippen molar-refractivity contribution in [2.45, 2.75) is 180 Å². The third-order valence-corrected chi connectivity index (χ3v) is 11.7. The van der Waals surface area contributed by atoms with E-state index in [-0.39, 0.29) is 30.9 Å². The zero-order chi connectivity index (χ0) is 38.7. The Kier molecular flexibility index (Phi) is 15.3. The third kappa shape index (κ3) is 10.2. The normalized spacial score (nSPS) is 48.4. The summed E-state index contributed by atoms with van der Waals surface area (Å²) in [6.45, 7) is 17.4. The Bertz CT molecular complexity index is 1140. The van der Waals surface area contributed by atoms with Gasteiger partial charge in [0.15, 0.2) is 12.6 Å². The molecular weight excluding hydrogens is 664 g/mol. The molecule has 0 spiro atoms. The van der Waals surface area contributed by atoms with Gasteiger partial charge in [0.2, 0.25) is 5.91 Å². The number of carbonyl (C=O) groups excluding carboxylic acids is 2. The molecule has 0 saturated carbocycles. The molecule has 3 rings (SSSR count). The summed E-state index contributed by atoms with van der Waals surface area (Å²) < 4.78 is 37.4. The first-order valence-electron chi connectivity index (χ1n) is 18.7. The largest absolute Gasteiger partial charge is 0.462 e. The number of nitrogens with zero attached hydrogens (tertiary/aromatic N) is 1. The summed E-state index contributed by atoms with van der Waals surface area (Å²) in [4.78, 5) is 29.5. The number of methoxy groups -OCH3 is 1. The number of carbonyl (C=O) groups is 2. The Balaban J connectivity index is 2.16. The average Bonchev–Trinajstić information content (AvgIpc) is 3.06. The average molecular weight is 733 g/mol. The van der Waals surface area contributed by atoms with Crippen LogP contribution in [0.2, 0.25) is 0 Å². The van der Waals surface area contributed by atoms with Crippen LogP contribution in [0.15, 0.2) is 0 Å². The van der Waals surface area contributed by atoms with Crippen LogP contribution in [0.3, 0.4) is 0 Å². The number of amides is 1. The van der Waals surface area contributed by atoms with E-state index in [0.717, 1.165) is 0 Å². The van der Waals surface area contributed by atoms with Gasteiger partial charge in [-0.2, -0.15) is 0 Å². The monoisotopic (exact) mass is 732 g/mol. The fourth-order valence-corrected chi connectivity index (χ4v) is 8.18. The second-order valence-corrected chi connectivity index (χ2v) is 16.3. The molecule has 14 heteroatoms. The van der Waals surface area contributed by atoms with Crippen molar-refractivity contribution in [3.63, 3.8) is 0 Å². The molecule has 3 fully saturated rings. The summed E-state index contributed by atoms with van der Waals surface area (Å²) in [5.41, 5.74) is -2.76. The Morgan fingerprint density at radius 2 is 1.55 bits per heavy atom. The van der Waals surface area contributed by atoms with E-state index in [2.05, 4.69) is 5.32 Å². The van der Waals surface area contributed by atoms with Gasteiger partial charge in [-0.1, -0.05) is 27.7 Å². The van der Waals surface area contributed by atoms with Crippen LogP contribution in [0.5, 0.6) is 0 Å². The predicted octanol–water partition coefficient (Wildman–Crippen LogP) is 1.97. The number of hydrogen-bond acceptors (Lipinski definition) is 13. The van der Waals surface area contributed by atoms with Crippen molar-refractivity contribution in [2.75, 3.05) is 21.2 Å². The molecule has 0 aromatic heterocycles. The Labute approximate surface area is 304 Å². The molecule has 0 aromatic carbocycles. The number of hydrogen-bond donors (Lipinski definition) is 5. The highest BCUT2D eigenvalue weighted by atomic mass is 16.7. The molecule has 0 unspecified atom stereocenters. The van der Waals surface area contributed by atoms with Crippen LogP contribution in [0.1, 0.15) is 94.9 Å². The molecule has 298 valence electrons. The van der Waals surface area contributed by atoms with E-state index in [1.807, 2.05) is 32.8 Å². The zero-order valence-corrected chi connectivity index (χ0v) is 33.1. The smallest absolute Gasteiger partial charge is 0.311 e. The van der Waals surface area contributed by atoms with E-state index in [1.165, 1.54) is 7.11 Å². The van der Waals surface area contributed by atoms with Gasteiger partial charge in [0.25, 0.3) is 0 Å². The topological polar surface area (TPSA) is 186 Å². The number of aliphatic hydroxyl groups is 4. The molecule has 18 atom stereocenters. The molecule has 3 aliphatic heterocycles. The molecule has 0 bridgehead atoms. The number of esters is 1. The van der Waals surface area contributed by atoms with E-state index in [0.29, 0.717) is 12.8 Å². The van der Waals surface area contributed by atoms with Gasteiger partial charge in [0.05, 0.1) is 53.7 Å². The highest BCUT2D eigenvalue weighted by Gasteiger charge is 2.52. The van der Waals surface area contributed by atoms with E-state index < -0.39 is 102 Å². The highest BCUT2D eigenvalue weighted by Crippen LogP contribution is 2.39. The van der Waals surface area contributed by atoms with Gasteiger partial charge in [-0.05, 0) is 74.9 Å². The van der Waals surface area contributed by atoms with Crippen LogP contribution in [0.25, 0.3) is 0 Å². The van der Waals surface area contributed by atoms with E-state index in [9.17, 15) is 30.0 Å². The molecule has 3 saturated heterocycles. The molecule has 3 heterocycles. The van der Waals surface area contributed by atoms with Crippen LogP contribution in [-0.2, 0) is 38.0 Å². The molecule has 0 aromatic rings. The van der Waals surface area contributed by atoms with Gasteiger partial charge in [-0.3, -0.25) is 9.59 Å². The van der Waals surface area contributed by atoms with Crippen molar-refractivity contribution >= 4 is 11.9 Å². The van der Waals surface area contributed by atoms with Crippen LogP contribution in [-0.4, -0.2) is 143 Å². The number of rotatable bonds is 7. The van der Waals surface area contributed by atoms with Crippen LogP contribution in [0, 0.1) is 23.7 Å². The van der Waals surface area contributed by atoms with Crippen molar-refractivity contribution in [2.24, 2.45) is 23.7 Å². The Morgan fingerprint density at radius 1 is 0.922 bits per heavy atom. The van der Waals surface area contributed by atoms with Crippen LogP contribution < -0.4 is 5.32 Å². The number of likely N-dealkylation sites (N-methyl/N-ethyl adjacent to an activating group) is 1. The van der Waals surface area contributed by atoms with Crippen LogP contribution in [0.4, 0.5) is 0 Å². The zero-order valence-electron chi connectivity index (χ0n) is 33.1. The summed E-state index contributed by atoms with van der Waals surface area (Å²) in [5.74, 6) is -3.98. The first-order valence-corrected chi connectivity index (χ1v) is 18.7. The molecule has 14 nitrogen and oxygen atoms in total. The lowest BCUT2D eigenvalue weighted by molar-refractivity contribution is -0.317. The minimum absolute atomic E-state index is 0.0737. The first-order chi connectivity index (χ1) is 23.6. The molecule has 1 amide bonds. The van der Waals surface area contributed by atoms with E-state index in [4.69, 9.17) is 28.4 Å². The summed E-state index contributed by atoms with van der Waals surface area (Å²) >= 11 is 0. The standard InChI is InChI=1S/C37H68N2O12/c1-14-26-20(4)28(40)23(7)38-33(43)18(2)16-36(9,45)32(51-35-29(41)25(39(11)12)15-19(3)47-35)21(5)30(22(6)34(44)49-26)50-27-17-37(10,46-13)31(42)24(8)48-27/h18-32,35,40-42,45H,14-17H2,1-13H3,(H,38,43)/t18-,19-,20+,21+,22-,23-,24+,25+,26-,27+,28+,29-,30+,31+,32-,35+,36-,37-/m1/s1. The van der Waals surface area contributed by atoms with Gasteiger partial charge in [0, 0.05) is 37.3 Å². The maximum atomic E-state index is 14.1. The maximum absolute atomic E-state index is 14.1. The maximum Gasteiger partial charge on any atom is 0.311 e. The lowest BCUT2D eigenvalue weighted by atomic mass is 9.77. The fraction of sp³-hybridized carbons (Fsp3) is 0.946. The van der Waals surface area contributed by atoms with E-state index in [1.54, 1.807) is 55.4 Å². The van der Waals surface area contributed by atoms with Gasteiger partial charge in [0.1, 0.15) is 18.3 Å². The van der Waals surface area contributed by atoms with Crippen LogP contribution >= 0.6 is 0 Å². The SMILES string of the molecule is CC[C@H]1OC(=O)[C@H](C)[C@@H](O[C@H]2C[C@@](C)(OC)[C@@H](O)[C@H](C)O2)[C@H](C)[C@@H](O[C@@H]2O[C@H](C)C[C@H](N(C)C)[C@H]2O)[C@](C)(O)C[C@@H](C)C(=O)N[C@H](C)[C@@H](O)[C@H]1C. The number of aliphatic hydroxyl groups excluding tert-OH is 3. The van der Waals surface area contributed by atoms with Gasteiger partial charge < -0.3 is 59.1 Å². The van der Waals surface area contributed by atoms with Gasteiger partial charge in [-0.15, -0.1) is 0 Å². The second-order valence-electron chi connectivity index (χ2n) is 16.3. The lowest BCUT2D eigenvalue weighted by Gasteiger charge is -2.48. The highest BCUT2D eigenvalue weighted by molar-refractivity contribution is 5.78. The fourth-order valence-electron chi connectivity index (χ4n) is 8.18. The molecular formula is C37H68N2O12.